The van der Waals surface area contributed by atoms with Crippen molar-refractivity contribution in [2.24, 2.45) is 0 Å². The Labute approximate surface area is 149 Å². The molecule has 0 heterocycles. The maximum absolute atomic E-state index is 12.1. The van der Waals surface area contributed by atoms with Crippen LogP contribution < -0.4 is 10.6 Å². The second kappa shape index (κ2) is 7.76. The van der Waals surface area contributed by atoms with Gasteiger partial charge in [0.2, 0.25) is 5.91 Å². The lowest BCUT2D eigenvalue weighted by Gasteiger charge is -2.12. The Morgan fingerprint density at radius 3 is 2.36 bits per heavy atom. The van der Waals surface area contributed by atoms with E-state index in [4.69, 9.17) is 11.6 Å². The predicted octanol–water partition coefficient (Wildman–Crippen LogP) is 3.23. The number of hydrogen-bond acceptors (Lipinski definition) is 4. The highest BCUT2D eigenvalue weighted by Crippen LogP contribution is 2.22. The third-order valence-corrected chi connectivity index (χ3v) is 3.88. The van der Waals surface area contributed by atoms with Crippen LogP contribution in [0.1, 0.15) is 21.5 Å². The third-order valence-electron chi connectivity index (χ3n) is 3.56. The Hall–Kier alpha value is -2.93. The van der Waals surface area contributed by atoms with Crippen LogP contribution in [0.2, 0.25) is 5.02 Å². The van der Waals surface area contributed by atoms with E-state index >= 15 is 0 Å². The second-order valence-corrected chi connectivity index (χ2v) is 5.83. The van der Waals surface area contributed by atoms with Crippen LogP contribution in [0.15, 0.2) is 36.4 Å². The van der Waals surface area contributed by atoms with Crippen LogP contribution in [0, 0.1) is 24.0 Å². The number of aryl methyl sites for hydroxylation is 2. The molecule has 2 aromatic carbocycles. The normalized spacial score (nSPS) is 10.2. The zero-order valence-electron chi connectivity index (χ0n) is 13.6. The Morgan fingerprint density at radius 2 is 1.80 bits per heavy atom. The number of anilines is 1. The van der Waals surface area contributed by atoms with E-state index < -0.39 is 10.8 Å². The van der Waals surface area contributed by atoms with Gasteiger partial charge in [0.1, 0.15) is 0 Å². The smallest absolute Gasteiger partial charge is 0.270 e. The standard InChI is InChI=1S/C17H16ClN3O4/c1-10-4-3-5-11(2)16(10)20-15(22)9-19-17(23)13-7-6-12(21(24)25)8-14(13)18/h3-8H,9H2,1-2H3,(H,19,23)(H,20,22). The lowest BCUT2D eigenvalue weighted by molar-refractivity contribution is -0.384. The first-order valence-corrected chi connectivity index (χ1v) is 7.75. The van der Waals surface area contributed by atoms with Gasteiger partial charge in [0.15, 0.2) is 0 Å². The molecular weight excluding hydrogens is 346 g/mol. The van der Waals surface area contributed by atoms with Crippen LogP contribution in [0.4, 0.5) is 11.4 Å². The summed E-state index contributed by atoms with van der Waals surface area (Å²) >= 11 is 5.89. The average molecular weight is 362 g/mol. The molecule has 0 aliphatic rings. The molecule has 2 N–H and O–H groups in total. The van der Waals surface area contributed by atoms with E-state index in [9.17, 15) is 19.7 Å². The molecule has 0 fully saturated rings. The number of amides is 2. The van der Waals surface area contributed by atoms with Crippen LogP contribution >= 0.6 is 11.6 Å². The first-order valence-electron chi connectivity index (χ1n) is 7.38. The highest BCUT2D eigenvalue weighted by Gasteiger charge is 2.16. The van der Waals surface area contributed by atoms with Crippen LogP contribution in [-0.2, 0) is 4.79 Å². The molecule has 0 saturated heterocycles. The zero-order chi connectivity index (χ0) is 18.6. The van der Waals surface area contributed by atoms with E-state index in [0.29, 0.717) is 5.69 Å². The van der Waals surface area contributed by atoms with Crippen LogP contribution in [0.5, 0.6) is 0 Å². The largest absolute Gasteiger partial charge is 0.343 e. The molecule has 0 saturated carbocycles. The van der Waals surface area contributed by atoms with E-state index in [1.807, 2.05) is 32.0 Å². The van der Waals surface area contributed by atoms with Crippen LogP contribution in [0.3, 0.4) is 0 Å². The fraction of sp³-hybridized carbons (Fsp3) is 0.176. The number of nitrogens with one attached hydrogen (secondary N) is 2. The molecule has 0 atom stereocenters. The minimum atomic E-state index is -0.606. The van der Waals surface area contributed by atoms with Crippen molar-refractivity contribution in [3.05, 3.63) is 68.2 Å². The highest BCUT2D eigenvalue weighted by molar-refractivity contribution is 6.34. The number of nitro groups is 1. The molecule has 130 valence electrons. The van der Waals surface area contributed by atoms with Crippen molar-refractivity contribution in [3.8, 4) is 0 Å². The first kappa shape index (κ1) is 18.4. The summed E-state index contributed by atoms with van der Waals surface area (Å²) in [6, 6.07) is 9.15. The molecule has 0 aliphatic heterocycles. The number of carbonyl (C=O) groups excluding carboxylic acids is 2. The maximum Gasteiger partial charge on any atom is 0.270 e. The fourth-order valence-electron chi connectivity index (χ4n) is 2.25. The molecule has 2 rings (SSSR count). The first-order chi connectivity index (χ1) is 11.8. The molecule has 0 radical (unpaired) electrons. The highest BCUT2D eigenvalue weighted by atomic mass is 35.5. The molecule has 0 unspecified atom stereocenters. The van der Waals surface area contributed by atoms with Gasteiger partial charge in [0.05, 0.1) is 22.1 Å². The van der Waals surface area contributed by atoms with Crippen molar-refractivity contribution in [2.45, 2.75) is 13.8 Å². The molecule has 7 nitrogen and oxygen atoms in total. The number of halogens is 1. The van der Waals surface area contributed by atoms with Gasteiger partial charge in [-0.15, -0.1) is 0 Å². The van der Waals surface area contributed by atoms with Gasteiger partial charge >= 0.3 is 0 Å². The van der Waals surface area contributed by atoms with Crippen molar-refractivity contribution in [1.82, 2.24) is 5.32 Å². The van der Waals surface area contributed by atoms with Crippen molar-refractivity contribution in [2.75, 3.05) is 11.9 Å². The van der Waals surface area contributed by atoms with Gasteiger partial charge in [-0.25, -0.2) is 0 Å². The van der Waals surface area contributed by atoms with E-state index in [1.165, 1.54) is 12.1 Å². The Balaban J connectivity index is 2.00. The second-order valence-electron chi connectivity index (χ2n) is 5.42. The fourth-order valence-corrected chi connectivity index (χ4v) is 2.51. The van der Waals surface area contributed by atoms with E-state index in [-0.39, 0.29) is 28.7 Å². The molecule has 25 heavy (non-hydrogen) atoms. The van der Waals surface area contributed by atoms with Crippen molar-refractivity contribution >= 4 is 34.8 Å². The summed E-state index contributed by atoms with van der Waals surface area (Å²) in [4.78, 5) is 34.2. The number of hydrogen-bond donors (Lipinski definition) is 2. The lowest BCUT2D eigenvalue weighted by Crippen LogP contribution is -2.33. The molecule has 2 amide bonds. The quantitative estimate of drug-likeness (QED) is 0.630. The van der Waals surface area contributed by atoms with Crippen molar-refractivity contribution in [3.63, 3.8) is 0 Å². The van der Waals surface area contributed by atoms with Crippen molar-refractivity contribution in [1.29, 1.82) is 0 Å². The number of nitro benzene ring substituents is 1. The summed E-state index contributed by atoms with van der Waals surface area (Å²) in [5, 5.41) is 15.8. The number of para-hydroxylation sites is 1. The van der Waals surface area contributed by atoms with Gasteiger partial charge in [-0.05, 0) is 31.0 Å². The Kier molecular flexibility index (Phi) is 5.71. The van der Waals surface area contributed by atoms with Crippen molar-refractivity contribution < 1.29 is 14.5 Å². The third kappa shape index (κ3) is 4.54. The molecule has 0 aliphatic carbocycles. The monoisotopic (exact) mass is 361 g/mol. The summed E-state index contributed by atoms with van der Waals surface area (Å²) in [5.41, 5.74) is 2.38. The summed E-state index contributed by atoms with van der Waals surface area (Å²) in [5.74, 6) is -0.972. The van der Waals surface area contributed by atoms with Gasteiger partial charge < -0.3 is 10.6 Å². The molecule has 0 spiro atoms. The van der Waals surface area contributed by atoms with Gasteiger partial charge in [0, 0.05) is 17.8 Å². The zero-order valence-corrected chi connectivity index (χ0v) is 14.4. The van der Waals surface area contributed by atoms with Gasteiger partial charge in [0.25, 0.3) is 11.6 Å². The number of rotatable bonds is 5. The summed E-state index contributed by atoms with van der Waals surface area (Å²) in [6.45, 7) is 3.50. The van der Waals surface area contributed by atoms with Gasteiger partial charge in [-0.2, -0.15) is 0 Å². The Morgan fingerprint density at radius 1 is 1.16 bits per heavy atom. The number of carbonyl (C=O) groups is 2. The number of benzene rings is 2. The van der Waals surface area contributed by atoms with Gasteiger partial charge in [-0.1, -0.05) is 29.8 Å². The van der Waals surface area contributed by atoms with E-state index in [1.54, 1.807) is 0 Å². The maximum atomic E-state index is 12.1. The summed E-state index contributed by atoms with van der Waals surface area (Å²) in [7, 11) is 0. The summed E-state index contributed by atoms with van der Waals surface area (Å²) in [6.07, 6.45) is 0. The molecule has 0 aromatic heterocycles. The topological polar surface area (TPSA) is 101 Å². The van der Waals surface area contributed by atoms with Gasteiger partial charge in [-0.3, -0.25) is 19.7 Å². The SMILES string of the molecule is Cc1cccc(C)c1NC(=O)CNC(=O)c1ccc([N+](=O)[O-])cc1Cl. The predicted molar refractivity (Wildman–Crippen MR) is 95.0 cm³/mol. The van der Waals surface area contributed by atoms with E-state index in [0.717, 1.165) is 17.2 Å². The minimum absolute atomic E-state index is 0.0538. The molecule has 2 aromatic rings. The number of nitrogens with zero attached hydrogens (tertiary/aromatic N) is 1. The average Bonchev–Trinajstić information content (AvgIpc) is 2.56. The lowest BCUT2D eigenvalue weighted by atomic mass is 10.1. The van der Waals surface area contributed by atoms with E-state index in [2.05, 4.69) is 10.6 Å². The van der Waals surface area contributed by atoms with Crippen LogP contribution in [0.25, 0.3) is 0 Å². The Bertz CT molecular complexity index is 832. The molecular formula is C17H16ClN3O4. The summed E-state index contributed by atoms with van der Waals surface area (Å²) < 4.78 is 0. The molecule has 8 heteroatoms. The number of non-ortho nitro benzene ring substituents is 1. The van der Waals surface area contributed by atoms with Crippen LogP contribution in [-0.4, -0.2) is 23.3 Å². The minimum Gasteiger partial charge on any atom is -0.343 e. The molecule has 0 bridgehead atoms.